The van der Waals surface area contributed by atoms with Crippen molar-refractivity contribution < 1.29 is 14.3 Å². The number of nitrogens with one attached hydrogen (secondary N) is 1. The summed E-state index contributed by atoms with van der Waals surface area (Å²) in [6.07, 6.45) is 0. The number of benzene rings is 1. The van der Waals surface area contributed by atoms with Crippen LogP contribution in [0.15, 0.2) is 18.2 Å². The summed E-state index contributed by atoms with van der Waals surface area (Å²) in [7, 11) is 0. The average Bonchev–Trinajstić information content (AvgIpc) is 2.16. The second-order valence-electron chi connectivity index (χ2n) is 3.10. The number of ketones is 1. The summed E-state index contributed by atoms with van der Waals surface area (Å²) in [5.41, 5.74) is 1.20. The average molecular weight is 191 g/mol. The van der Waals surface area contributed by atoms with E-state index in [4.69, 9.17) is 4.74 Å². The molecule has 0 spiro atoms. The van der Waals surface area contributed by atoms with Gasteiger partial charge in [0, 0.05) is 5.56 Å². The van der Waals surface area contributed by atoms with E-state index in [9.17, 15) is 9.59 Å². The molecule has 4 nitrogen and oxygen atoms in total. The van der Waals surface area contributed by atoms with Crippen molar-refractivity contribution in [3.63, 3.8) is 0 Å². The molecule has 0 unspecified atom stereocenters. The van der Waals surface area contributed by atoms with Crippen LogP contribution < -0.4 is 10.1 Å². The first-order chi connectivity index (χ1) is 6.66. The number of anilines is 1. The minimum Gasteiger partial charge on any atom is -0.482 e. The lowest BCUT2D eigenvalue weighted by Crippen LogP contribution is -2.25. The molecule has 1 aliphatic heterocycles. The lowest BCUT2D eigenvalue weighted by molar-refractivity contribution is -0.118. The summed E-state index contributed by atoms with van der Waals surface area (Å²) in [5.74, 6) is 0.360. The van der Waals surface area contributed by atoms with Crippen molar-refractivity contribution in [1.29, 1.82) is 0 Å². The number of rotatable bonds is 1. The Kier molecular flexibility index (Phi) is 1.96. The largest absolute Gasteiger partial charge is 0.482 e. The Morgan fingerprint density at radius 2 is 2.29 bits per heavy atom. The van der Waals surface area contributed by atoms with E-state index in [2.05, 4.69) is 5.32 Å². The van der Waals surface area contributed by atoms with E-state index in [0.717, 1.165) is 0 Å². The SMILES string of the molecule is CC(=O)c1ccc2c(c1)OCC(=O)N2. The number of carbonyl (C=O) groups excluding carboxylic acids is 2. The van der Waals surface area contributed by atoms with Gasteiger partial charge in [-0.05, 0) is 25.1 Å². The van der Waals surface area contributed by atoms with Crippen molar-refractivity contribution >= 4 is 17.4 Å². The van der Waals surface area contributed by atoms with Gasteiger partial charge >= 0.3 is 0 Å². The Bertz CT molecular complexity index is 412. The van der Waals surface area contributed by atoms with Gasteiger partial charge in [0.15, 0.2) is 12.4 Å². The van der Waals surface area contributed by atoms with E-state index in [0.29, 0.717) is 17.0 Å². The van der Waals surface area contributed by atoms with Crippen molar-refractivity contribution in [3.05, 3.63) is 23.8 Å². The molecule has 14 heavy (non-hydrogen) atoms. The lowest BCUT2D eigenvalue weighted by Gasteiger charge is -2.17. The van der Waals surface area contributed by atoms with Gasteiger partial charge < -0.3 is 10.1 Å². The van der Waals surface area contributed by atoms with Crippen LogP contribution in [0.3, 0.4) is 0 Å². The molecule has 1 aliphatic rings. The second-order valence-corrected chi connectivity index (χ2v) is 3.10. The number of Topliss-reactive ketones (excluding diaryl/α,β-unsaturated/α-hetero) is 1. The van der Waals surface area contributed by atoms with E-state index < -0.39 is 0 Å². The fraction of sp³-hybridized carbons (Fsp3) is 0.200. The Labute approximate surface area is 80.9 Å². The Morgan fingerprint density at radius 3 is 3.00 bits per heavy atom. The van der Waals surface area contributed by atoms with Gasteiger partial charge in [-0.2, -0.15) is 0 Å². The molecule has 1 aromatic rings. The molecule has 0 saturated heterocycles. The van der Waals surface area contributed by atoms with Gasteiger partial charge in [0.2, 0.25) is 0 Å². The molecule has 0 atom stereocenters. The highest BCUT2D eigenvalue weighted by Gasteiger charge is 2.16. The number of amides is 1. The fourth-order valence-electron chi connectivity index (χ4n) is 1.29. The first kappa shape index (κ1) is 8.74. The van der Waals surface area contributed by atoms with Crippen molar-refractivity contribution in [2.75, 3.05) is 11.9 Å². The number of ether oxygens (including phenoxy) is 1. The molecule has 0 saturated carbocycles. The monoisotopic (exact) mass is 191 g/mol. The minimum absolute atomic E-state index is 0.00829. The van der Waals surface area contributed by atoms with Crippen molar-refractivity contribution in [3.8, 4) is 5.75 Å². The van der Waals surface area contributed by atoms with Crippen LogP contribution >= 0.6 is 0 Å². The summed E-state index contributed by atoms with van der Waals surface area (Å²) in [5, 5.41) is 2.65. The first-order valence-corrected chi connectivity index (χ1v) is 4.24. The maximum atomic E-state index is 11.1. The molecule has 0 aliphatic carbocycles. The summed E-state index contributed by atoms with van der Waals surface area (Å²) in [6, 6.07) is 4.97. The van der Waals surface area contributed by atoms with Gasteiger partial charge in [-0.1, -0.05) is 0 Å². The lowest BCUT2D eigenvalue weighted by atomic mass is 10.1. The highest BCUT2D eigenvalue weighted by molar-refractivity contribution is 5.98. The maximum Gasteiger partial charge on any atom is 0.262 e. The van der Waals surface area contributed by atoms with Gasteiger partial charge in [0.1, 0.15) is 5.75 Å². The van der Waals surface area contributed by atoms with Crippen LogP contribution in [0.2, 0.25) is 0 Å². The molecular formula is C10H9NO3. The number of hydrogen-bond donors (Lipinski definition) is 1. The minimum atomic E-state index is -0.173. The Hall–Kier alpha value is -1.84. The molecule has 0 fully saturated rings. The van der Waals surface area contributed by atoms with Gasteiger partial charge in [0.25, 0.3) is 5.91 Å². The van der Waals surface area contributed by atoms with E-state index in [1.807, 2.05) is 0 Å². The molecule has 0 radical (unpaired) electrons. The Balaban J connectivity index is 2.41. The van der Waals surface area contributed by atoms with Crippen LogP contribution in [-0.2, 0) is 4.79 Å². The standard InChI is InChI=1S/C10H9NO3/c1-6(12)7-2-3-8-9(4-7)14-5-10(13)11-8/h2-4H,5H2,1H3,(H,11,13). The van der Waals surface area contributed by atoms with Crippen molar-refractivity contribution in [1.82, 2.24) is 0 Å². The fourth-order valence-corrected chi connectivity index (χ4v) is 1.29. The van der Waals surface area contributed by atoms with E-state index >= 15 is 0 Å². The zero-order valence-corrected chi connectivity index (χ0v) is 7.66. The molecule has 0 aromatic heterocycles. The van der Waals surface area contributed by atoms with Crippen LogP contribution in [0, 0.1) is 0 Å². The van der Waals surface area contributed by atoms with Crippen LogP contribution in [0.4, 0.5) is 5.69 Å². The first-order valence-electron chi connectivity index (χ1n) is 4.24. The van der Waals surface area contributed by atoms with E-state index in [1.54, 1.807) is 18.2 Å². The van der Waals surface area contributed by atoms with Gasteiger partial charge in [-0.25, -0.2) is 0 Å². The quantitative estimate of drug-likeness (QED) is 0.679. The van der Waals surface area contributed by atoms with E-state index in [-0.39, 0.29) is 18.3 Å². The molecule has 0 bridgehead atoms. The number of carbonyl (C=O) groups is 2. The molecule has 4 heteroatoms. The molecule has 1 heterocycles. The summed E-state index contributed by atoms with van der Waals surface area (Å²) in [6.45, 7) is 1.50. The van der Waals surface area contributed by atoms with Crippen LogP contribution in [-0.4, -0.2) is 18.3 Å². The number of hydrogen-bond acceptors (Lipinski definition) is 3. The molecule has 1 aromatic carbocycles. The molecule has 1 N–H and O–H groups in total. The molecule has 1 amide bonds. The maximum absolute atomic E-state index is 11.1. The zero-order chi connectivity index (χ0) is 10.1. The third-order valence-electron chi connectivity index (χ3n) is 2.02. The van der Waals surface area contributed by atoms with Crippen LogP contribution in [0.1, 0.15) is 17.3 Å². The molecular weight excluding hydrogens is 182 g/mol. The van der Waals surface area contributed by atoms with Crippen molar-refractivity contribution in [2.45, 2.75) is 6.92 Å². The summed E-state index contributed by atoms with van der Waals surface area (Å²) in [4.78, 5) is 22.0. The number of fused-ring (bicyclic) bond motifs is 1. The smallest absolute Gasteiger partial charge is 0.262 e. The third kappa shape index (κ3) is 1.46. The predicted octanol–water partition coefficient (Wildman–Crippen LogP) is 1.22. The summed E-state index contributed by atoms with van der Waals surface area (Å²) < 4.78 is 5.16. The Morgan fingerprint density at radius 1 is 1.50 bits per heavy atom. The second kappa shape index (κ2) is 3.14. The topological polar surface area (TPSA) is 55.4 Å². The third-order valence-corrected chi connectivity index (χ3v) is 2.02. The van der Waals surface area contributed by atoms with E-state index in [1.165, 1.54) is 6.92 Å². The van der Waals surface area contributed by atoms with Crippen LogP contribution in [0.5, 0.6) is 5.75 Å². The summed E-state index contributed by atoms with van der Waals surface area (Å²) >= 11 is 0. The van der Waals surface area contributed by atoms with Crippen molar-refractivity contribution in [2.24, 2.45) is 0 Å². The molecule has 72 valence electrons. The normalized spacial score (nSPS) is 13.9. The van der Waals surface area contributed by atoms with Gasteiger partial charge in [0.05, 0.1) is 5.69 Å². The van der Waals surface area contributed by atoms with Gasteiger partial charge in [-0.15, -0.1) is 0 Å². The predicted molar refractivity (Wildman–Crippen MR) is 50.6 cm³/mol. The highest BCUT2D eigenvalue weighted by Crippen LogP contribution is 2.28. The zero-order valence-electron chi connectivity index (χ0n) is 7.66. The highest BCUT2D eigenvalue weighted by atomic mass is 16.5. The molecule has 2 rings (SSSR count). The van der Waals surface area contributed by atoms with Crippen LogP contribution in [0.25, 0.3) is 0 Å². The van der Waals surface area contributed by atoms with Gasteiger partial charge in [-0.3, -0.25) is 9.59 Å².